The van der Waals surface area contributed by atoms with Crippen LogP contribution in [-0.4, -0.2) is 38.4 Å². The Morgan fingerprint density at radius 1 is 1.07 bits per heavy atom. The van der Waals surface area contributed by atoms with E-state index in [-0.39, 0.29) is 23.3 Å². The van der Waals surface area contributed by atoms with E-state index in [2.05, 4.69) is 16.0 Å². The number of aromatic nitrogens is 3. The van der Waals surface area contributed by atoms with Gasteiger partial charge in [-0.3, -0.25) is 14.6 Å². The number of hydrogen-bond acceptors (Lipinski definition) is 5. The average molecular weight is 387 g/mol. The molecule has 7 nitrogen and oxygen atoms in total. The van der Waals surface area contributed by atoms with Gasteiger partial charge in [-0.2, -0.15) is 0 Å². The van der Waals surface area contributed by atoms with E-state index >= 15 is 0 Å². The Morgan fingerprint density at radius 3 is 2.76 bits per heavy atom. The summed E-state index contributed by atoms with van der Waals surface area (Å²) < 4.78 is 1.88. The van der Waals surface area contributed by atoms with Crippen LogP contribution in [0.3, 0.4) is 0 Å². The van der Waals surface area contributed by atoms with Gasteiger partial charge in [0.15, 0.2) is 0 Å². The molecule has 0 aromatic carbocycles. The zero-order valence-electron chi connectivity index (χ0n) is 15.9. The highest BCUT2D eigenvalue weighted by Crippen LogP contribution is 2.37. The molecular weight excluding hydrogens is 366 g/mol. The number of carbonyl (C=O) groups is 1. The highest BCUT2D eigenvalue weighted by atomic mass is 16.2. The Labute approximate surface area is 167 Å². The van der Waals surface area contributed by atoms with Gasteiger partial charge in [0.1, 0.15) is 5.82 Å². The van der Waals surface area contributed by atoms with Crippen molar-refractivity contribution in [2.45, 2.75) is 18.9 Å². The van der Waals surface area contributed by atoms with Gasteiger partial charge < -0.3 is 15.2 Å². The number of nitrogen functional groups attached to an aromatic ring is 1. The quantitative estimate of drug-likeness (QED) is 0.727. The number of carbonyl (C=O) groups excluding carboxylic acids is 1. The summed E-state index contributed by atoms with van der Waals surface area (Å²) in [5.41, 5.74) is 9.11. The molecule has 7 heteroatoms. The van der Waals surface area contributed by atoms with Crippen LogP contribution < -0.4 is 11.3 Å². The van der Waals surface area contributed by atoms with Crippen molar-refractivity contribution in [2.75, 3.05) is 18.8 Å². The zero-order valence-corrected chi connectivity index (χ0v) is 15.9. The molecule has 2 aliphatic heterocycles. The maximum absolute atomic E-state index is 13.0. The monoisotopic (exact) mass is 387 g/mol. The topological polar surface area (TPSA) is 94.1 Å². The molecule has 2 aliphatic rings. The van der Waals surface area contributed by atoms with Crippen molar-refractivity contribution in [3.63, 3.8) is 0 Å². The number of nitrogens with zero attached hydrogens (tertiary/aromatic N) is 4. The van der Waals surface area contributed by atoms with Gasteiger partial charge in [-0.05, 0) is 42.2 Å². The molecule has 3 aromatic rings. The summed E-state index contributed by atoms with van der Waals surface area (Å²) in [6.45, 7) is 1.88. The molecule has 2 N–H and O–H groups in total. The largest absolute Gasteiger partial charge is 0.384 e. The lowest BCUT2D eigenvalue weighted by Crippen LogP contribution is -2.49. The first-order valence-electron chi connectivity index (χ1n) is 9.74. The summed E-state index contributed by atoms with van der Waals surface area (Å²) in [6, 6.07) is 10.9. The molecule has 0 aliphatic carbocycles. The lowest BCUT2D eigenvalue weighted by Gasteiger charge is -2.43. The summed E-state index contributed by atoms with van der Waals surface area (Å²) in [4.78, 5) is 35.8. The highest BCUT2D eigenvalue weighted by molar-refractivity contribution is 5.94. The molecule has 0 spiro atoms. The number of rotatable bonds is 2. The molecule has 1 amide bonds. The lowest BCUT2D eigenvalue weighted by atomic mass is 9.82. The van der Waals surface area contributed by atoms with Crippen LogP contribution in [0.15, 0.2) is 59.8 Å². The predicted octanol–water partition coefficient (Wildman–Crippen LogP) is 2.15. The van der Waals surface area contributed by atoms with Gasteiger partial charge in [-0.1, -0.05) is 6.07 Å². The van der Waals surface area contributed by atoms with Gasteiger partial charge >= 0.3 is 0 Å². The van der Waals surface area contributed by atoms with Crippen LogP contribution in [0.5, 0.6) is 0 Å². The molecular formula is C22H21N5O2. The second-order valence-corrected chi connectivity index (χ2v) is 7.84. The van der Waals surface area contributed by atoms with Crippen molar-refractivity contribution in [1.82, 2.24) is 19.4 Å². The molecule has 2 bridgehead atoms. The Hall–Kier alpha value is -3.48. The van der Waals surface area contributed by atoms with Crippen molar-refractivity contribution >= 4 is 11.7 Å². The first kappa shape index (κ1) is 17.6. The number of fused-ring (bicyclic) bond motifs is 4. The number of amides is 1. The highest BCUT2D eigenvalue weighted by Gasteiger charge is 2.36. The predicted molar refractivity (Wildman–Crippen MR) is 109 cm³/mol. The van der Waals surface area contributed by atoms with Crippen molar-refractivity contribution in [3.8, 4) is 11.1 Å². The Bertz CT molecular complexity index is 1140. The van der Waals surface area contributed by atoms with E-state index in [0.29, 0.717) is 31.0 Å². The third-order valence-electron chi connectivity index (χ3n) is 5.87. The minimum absolute atomic E-state index is 0.0118. The van der Waals surface area contributed by atoms with Gasteiger partial charge in [-0.25, -0.2) is 4.98 Å². The maximum Gasteiger partial charge on any atom is 0.254 e. The van der Waals surface area contributed by atoms with Crippen LogP contribution in [-0.2, 0) is 6.54 Å². The van der Waals surface area contributed by atoms with E-state index in [0.717, 1.165) is 23.2 Å². The number of piperidine rings is 1. The molecule has 1 fully saturated rings. The molecule has 29 heavy (non-hydrogen) atoms. The standard InChI is InChI=1S/C22H21N5O2/c23-20-8-15(3-5-25-20)22(29)26-11-14-6-18(13-26)19-7-17(9-21(28)27(19)12-14)16-2-1-4-24-10-16/h1-5,7-10,14,18H,6,11-13H2,(H2,23,25)/t14-,18+/m0/s1. The van der Waals surface area contributed by atoms with Crippen LogP contribution >= 0.6 is 0 Å². The van der Waals surface area contributed by atoms with Gasteiger partial charge in [0.05, 0.1) is 0 Å². The number of anilines is 1. The Morgan fingerprint density at radius 2 is 1.97 bits per heavy atom. The van der Waals surface area contributed by atoms with Crippen molar-refractivity contribution in [3.05, 3.63) is 76.6 Å². The van der Waals surface area contributed by atoms with E-state index in [1.165, 1.54) is 0 Å². The van der Waals surface area contributed by atoms with E-state index in [9.17, 15) is 9.59 Å². The van der Waals surface area contributed by atoms with Gasteiger partial charge in [0.25, 0.3) is 11.5 Å². The number of hydrogen-bond donors (Lipinski definition) is 1. The molecule has 5 rings (SSSR count). The second-order valence-electron chi connectivity index (χ2n) is 7.84. The summed E-state index contributed by atoms with van der Waals surface area (Å²) in [5, 5.41) is 0. The molecule has 5 heterocycles. The molecule has 1 saturated heterocycles. The SMILES string of the molecule is Nc1cc(C(=O)N2C[C@@H]3C[C@H](C2)c2cc(-c4cccnc4)cc(=O)n2C3)ccn1. The lowest BCUT2D eigenvalue weighted by molar-refractivity contribution is 0.0594. The molecule has 2 atom stereocenters. The van der Waals surface area contributed by atoms with E-state index in [1.54, 1.807) is 36.8 Å². The Balaban J connectivity index is 1.49. The van der Waals surface area contributed by atoms with Crippen molar-refractivity contribution < 1.29 is 4.79 Å². The maximum atomic E-state index is 13.0. The molecule has 0 saturated carbocycles. The van der Waals surface area contributed by atoms with Gasteiger partial charge in [0, 0.05) is 67.0 Å². The zero-order chi connectivity index (χ0) is 20.0. The third-order valence-corrected chi connectivity index (χ3v) is 5.87. The molecule has 0 radical (unpaired) electrons. The summed E-state index contributed by atoms with van der Waals surface area (Å²) in [6.07, 6.45) is 6.03. The first-order valence-corrected chi connectivity index (χ1v) is 9.74. The van der Waals surface area contributed by atoms with Crippen molar-refractivity contribution in [1.29, 1.82) is 0 Å². The van der Waals surface area contributed by atoms with E-state index in [1.807, 2.05) is 21.6 Å². The fourth-order valence-electron chi connectivity index (χ4n) is 4.59. The fraction of sp³-hybridized carbons (Fsp3) is 0.273. The summed E-state index contributed by atoms with van der Waals surface area (Å²) in [7, 11) is 0. The van der Waals surface area contributed by atoms with E-state index in [4.69, 9.17) is 5.73 Å². The minimum atomic E-state index is -0.0342. The van der Waals surface area contributed by atoms with Gasteiger partial charge in [0.2, 0.25) is 0 Å². The van der Waals surface area contributed by atoms with E-state index < -0.39 is 0 Å². The number of pyridine rings is 3. The van der Waals surface area contributed by atoms with Gasteiger partial charge in [-0.15, -0.1) is 0 Å². The normalized spacial score (nSPS) is 20.2. The van der Waals surface area contributed by atoms with Crippen LogP contribution in [0.1, 0.15) is 28.4 Å². The fourth-order valence-corrected chi connectivity index (χ4v) is 4.59. The first-order chi connectivity index (χ1) is 14.1. The smallest absolute Gasteiger partial charge is 0.254 e. The second kappa shape index (κ2) is 6.84. The molecule has 146 valence electrons. The molecule has 3 aromatic heterocycles. The third kappa shape index (κ3) is 3.18. The summed E-state index contributed by atoms with van der Waals surface area (Å²) in [5.74, 6) is 0.709. The van der Waals surface area contributed by atoms with Crippen LogP contribution in [0.4, 0.5) is 5.82 Å². The molecule has 0 unspecified atom stereocenters. The number of nitrogens with two attached hydrogens (primary N) is 1. The van der Waals surface area contributed by atoms with Crippen molar-refractivity contribution in [2.24, 2.45) is 5.92 Å². The minimum Gasteiger partial charge on any atom is -0.384 e. The number of likely N-dealkylation sites (tertiary alicyclic amines) is 1. The van der Waals surface area contributed by atoms with Crippen LogP contribution in [0, 0.1) is 5.92 Å². The van der Waals surface area contributed by atoms with Crippen LogP contribution in [0.2, 0.25) is 0 Å². The van der Waals surface area contributed by atoms with Crippen LogP contribution in [0.25, 0.3) is 11.1 Å². The Kier molecular flexibility index (Phi) is 4.16. The average Bonchev–Trinajstić information content (AvgIpc) is 2.74. The summed E-state index contributed by atoms with van der Waals surface area (Å²) >= 11 is 0.